The van der Waals surface area contributed by atoms with Gasteiger partial charge in [0.2, 0.25) is 0 Å². The van der Waals surface area contributed by atoms with Crippen LogP contribution in [-0.2, 0) is 21.7 Å². The number of hydrogen-bond acceptors (Lipinski definition) is 0. The molecule has 0 saturated heterocycles. The largest absolute Gasteiger partial charge is 4.00 e. The van der Waals surface area contributed by atoms with Gasteiger partial charge in [0, 0.05) is 0 Å². The molecule has 0 fully saturated rings. The molecule has 0 aromatic carbocycles. The van der Waals surface area contributed by atoms with Crippen molar-refractivity contribution in [2.75, 3.05) is 0 Å². The fourth-order valence-corrected chi connectivity index (χ4v) is 2.48. The molecule has 21 heavy (non-hydrogen) atoms. The fraction of sp³-hybridized carbons (Fsp3) is 0.556. The molecule has 0 nitrogen and oxygen atoms in total. The average Bonchev–Trinajstić information content (AvgIpc) is 2.87. The van der Waals surface area contributed by atoms with Crippen LogP contribution in [0.1, 0.15) is 54.4 Å². The first kappa shape index (κ1) is 26.2. The van der Waals surface area contributed by atoms with E-state index in [4.69, 9.17) is 0 Å². The minimum absolute atomic E-state index is 0. The van der Waals surface area contributed by atoms with Gasteiger partial charge in [0.1, 0.15) is 0 Å². The van der Waals surface area contributed by atoms with Crippen LogP contribution in [0.25, 0.3) is 0 Å². The summed E-state index contributed by atoms with van der Waals surface area (Å²) >= 11 is 0. The molecule has 0 atom stereocenters. The zero-order chi connectivity index (χ0) is 13.7. The van der Waals surface area contributed by atoms with Crippen molar-refractivity contribution in [2.24, 2.45) is 11.8 Å². The molecular weight excluding hydrogens is 335 g/mol. The summed E-state index contributed by atoms with van der Waals surface area (Å²) in [5.74, 6) is 1.36. The van der Waals surface area contributed by atoms with E-state index in [1.54, 1.807) is 0 Å². The molecule has 0 N–H and O–H groups in total. The van der Waals surface area contributed by atoms with E-state index >= 15 is 0 Å². The Hall–Kier alpha value is 0.254. The van der Waals surface area contributed by atoms with Gasteiger partial charge in [-0.1, -0.05) is 53.4 Å². The van der Waals surface area contributed by atoms with Gasteiger partial charge in [0.05, 0.1) is 0 Å². The zero-order valence-electron chi connectivity index (χ0n) is 14.0. The van der Waals surface area contributed by atoms with Crippen LogP contribution in [0.4, 0.5) is 0 Å². The maximum absolute atomic E-state index is 3.27. The van der Waals surface area contributed by atoms with Crippen molar-refractivity contribution >= 4 is 0 Å². The van der Waals surface area contributed by atoms with E-state index in [1.165, 1.54) is 22.3 Å². The number of allylic oxidation sites excluding steroid dienone is 8. The third-order valence-corrected chi connectivity index (χ3v) is 3.49. The van der Waals surface area contributed by atoms with Gasteiger partial charge in [-0.3, -0.25) is 12.2 Å². The molecule has 2 aliphatic carbocycles. The molecule has 0 heterocycles. The second-order valence-corrected chi connectivity index (χ2v) is 5.64. The van der Waals surface area contributed by atoms with Crippen LogP contribution in [0.2, 0.25) is 0 Å². The quantitative estimate of drug-likeness (QED) is 0.458. The van der Waals surface area contributed by atoms with Crippen LogP contribution in [0.5, 0.6) is 0 Å². The molecule has 116 valence electrons. The molecule has 0 aromatic rings. The minimum Gasteiger partial charge on any atom is -1.00 e. The predicted octanol–water partition coefficient (Wildman–Crippen LogP) is -0.551. The molecule has 0 saturated carbocycles. The van der Waals surface area contributed by atoms with Crippen LogP contribution in [0, 0.1) is 24.0 Å². The molecule has 0 aromatic heterocycles. The first-order chi connectivity index (χ1) is 8.43. The molecule has 2 aliphatic rings. The van der Waals surface area contributed by atoms with E-state index in [0.29, 0.717) is 11.8 Å². The smallest absolute Gasteiger partial charge is 1.00 e. The number of hydrogen-bond donors (Lipinski definition) is 0. The number of halogens is 2. The van der Waals surface area contributed by atoms with E-state index in [2.05, 4.69) is 65.8 Å². The van der Waals surface area contributed by atoms with E-state index in [0.717, 1.165) is 12.8 Å². The van der Waals surface area contributed by atoms with E-state index in [1.807, 2.05) is 0 Å². The second-order valence-electron chi connectivity index (χ2n) is 5.64. The summed E-state index contributed by atoms with van der Waals surface area (Å²) in [6, 6.07) is 0. The maximum atomic E-state index is 3.27. The Morgan fingerprint density at radius 2 is 1.05 bits per heavy atom. The van der Waals surface area contributed by atoms with Crippen molar-refractivity contribution in [3.63, 3.8) is 0 Å². The Morgan fingerprint density at radius 1 is 0.762 bits per heavy atom. The molecular formula is C18H26Cl2Ti. The zero-order valence-corrected chi connectivity index (χ0v) is 17.1. The average molecular weight is 361 g/mol. The van der Waals surface area contributed by atoms with Gasteiger partial charge in [-0.05, 0) is 0 Å². The second kappa shape index (κ2) is 12.8. The Labute approximate surface area is 158 Å². The third kappa shape index (κ3) is 8.45. The Bertz CT molecular complexity index is 373. The topological polar surface area (TPSA) is 0 Å². The van der Waals surface area contributed by atoms with Crippen molar-refractivity contribution in [3.8, 4) is 0 Å². The van der Waals surface area contributed by atoms with Gasteiger partial charge in [-0.15, -0.1) is 12.8 Å². The van der Waals surface area contributed by atoms with E-state index in [-0.39, 0.29) is 46.5 Å². The molecule has 2 rings (SSSR count). The first-order valence-corrected chi connectivity index (χ1v) is 6.99. The first-order valence-electron chi connectivity index (χ1n) is 6.99. The fourth-order valence-electron chi connectivity index (χ4n) is 2.48. The molecule has 0 amide bonds. The van der Waals surface area contributed by atoms with Crippen molar-refractivity contribution in [1.29, 1.82) is 0 Å². The maximum Gasteiger partial charge on any atom is 4.00 e. The van der Waals surface area contributed by atoms with E-state index < -0.39 is 0 Å². The summed E-state index contributed by atoms with van der Waals surface area (Å²) in [6.45, 7) is 13.2. The summed E-state index contributed by atoms with van der Waals surface area (Å²) in [5.41, 5.74) is 5.67. The van der Waals surface area contributed by atoms with Crippen molar-refractivity contribution in [2.45, 2.75) is 54.4 Å². The van der Waals surface area contributed by atoms with Gasteiger partial charge in [0.25, 0.3) is 0 Å². The van der Waals surface area contributed by atoms with Crippen LogP contribution in [0.3, 0.4) is 0 Å². The summed E-state index contributed by atoms with van der Waals surface area (Å²) in [6.07, 6.45) is 13.1. The molecule has 0 spiro atoms. The summed E-state index contributed by atoms with van der Waals surface area (Å²) < 4.78 is 0. The third-order valence-electron chi connectivity index (χ3n) is 3.49. The van der Waals surface area contributed by atoms with Crippen molar-refractivity contribution in [3.05, 3.63) is 46.6 Å². The molecule has 0 unspecified atom stereocenters. The van der Waals surface area contributed by atoms with Gasteiger partial charge in [-0.25, -0.2) is 11.1 Å². The predicted molar refractivity (Wildman–Crippen MR) is 79.9 cm³/mol. The molecule has 3 heteroatoms. The Morgan fingerprint density at radius 3 is 1.14 bits per heavy atom. The minimum atomic E-state index is 0. The standard InChI is InChI=1S/2C9H13.2ClH.Ti/c2*1-7(2)9-6-4-5-8(9)3;;;/h2*6-7H,4H2,1-3H3;2*1H;/q2*-1;;;+4/p-2. The van der Waals surface area contributed by atoms with Crippen LogP contribution in [0.15, 0.2) is 34.4 Å². The van der Waals surface area contributed by atoms with Gasteiger partial charge in [0.15, 0.2) is 0 Å². The van der Waals surface area contributed by atoms with E-state index in [9.17, 15) is 0 Å². The summed E-state index contributed by atoms with van der Waals surface area (Å²) in [5, 5.41) is 0. The Kier molecular flexibility index (Phi) is 15.9. The van der Waals surface area contributed by atoms with Gasteiger partial charge >= 0.3 is 21.7 Å². The summed E-state index contributed by atoms with van der Waals surface area (Å²) in [4.78, 5) is 0. The van der Waals surface area contributed by atoms with Gasteiger partial charge < -0.3 is 24.8 Å². The van der Waals surface area contributed by atoms with Crippen molar-refractivity contribution < 1.29 is 46.5 Å². The normalized spacial score (nSPS) is 15.6. The number of rotatable bonds is 2. The van der Waals surface area contributed by atoms with Crippen LogP contribution < -0.4 is 24.8 Å². The molecule has 0 aliphatic heterocycles. The molecule has 0 bridgehead atoms. The van der Waals surface area contributed by atoms with Crippen molar-refractivity contribution in [1.82, 2.24) is 0 Å². The summed E-state index contributed by atoms with van der Waals surface area (Å²) in [7, 11) is 0. The monoisotopic (exact) mass is 360 g/mol. The Balaban J connectivity index is -0.000000270. The van der Waals surface area contributed by atoms with Gasteiger partial charge in [-0.2, -0.15) is 23.3 Å². The van der Waals surface area contributed by atoms with Crippen LogP contribution >= 0.6 is 0 Å². The molecule has 0 radical (unpaired) electrons. The SMILES string of the molecule is CC1=[C-]CC=C1C(C)C.CC1=[C-]CC=C1C(C)C.[Cl-].[Cl-].[Ti+4]. The van der Waals surface area contributed by atoms with Crippen LogP contribution in [-0.4, -0.2) is 0 Å².